The topological polar surface area (TPSA) is 53.8 Å². The molecule has 1 aliphatic heterocycles. The van der Waals surface area contributed by atoms with Crippen molar-refractivity contribution in [3.05, 3.63) is 54.6 Å². The summed E-state index contributed by atoms with van der Waals surface area (Å²) >= 11 is 0. The molecule has 0 saturated carbocycles. The van der Waals surface area contributed by atoms with Crippen molar-refractivity contribution in [1.82, 2.24) is 0 Å². The van der Waals surface area contributed by atoms with Crippen LogP contribution >= 0.6 is 21.6 Å². The summed E-state index contributed by atoms with van der Waals surface area (Å²) in [7, 11) is 3.51. The molecule has 1 N–H and O–H groups in total. The molecule has 1 fully saturated rings. The molecule has 1 amide bonds. The van der Waals surface area contributed by atoms with E-state index in [1.165, 1.54) is 0 Å². The minimum atomic E-state index is 0.0937. The van der Waals surface area contributed by atoms with Crippen molar-refractivity contribution in [1.29, 1.82) is 0 Å². The number of nitrogens with zero attached hydrogens (tertiary/aromatic N) is 2. The Balaban J connectivity index is 1.60. The molecule has 0 aromatic heterocycles. The van der Waals surface area contributed by atoms with Crippen LogP contribution in [0.1, 0.15) is 0 Å². The summed E-state index contributed by atoms with van der Waals surface area (Å²) in [5.41, 5.74) is 2.37. The van der Waals surface area contributed by atoms with E-state index in [1.54, 1.807) is 21.6 Å². The van der Waals surface area contributed by atoms with E-state index in [0.29, 0.717) is 0 Å². The van der Waals surface area contributed by atoms with Crippen molar-refractivity contribution in [2.45, 2.75) is 0 Å². The average molecular weight is 329 g/mol. The normalized spacial score (nSPS) is 15.3. The third-order valence-corrected chi connectivity index (χ3v) is 5.72. The second-order valence-corrected chi connectivity index (χ2v) is 7.39. The van der Waals surface area contributed by atoms with Gasteiger partial charge >= 0.3 is 0 Å². The van der Waals surface area contributed by atoms with Gasteiger partial charge < -0.3 is 5.32 Å². The number of carbonyl (C=O) groups excluding carboxylic acids is 1. The monoisotopic (exact) mass is 329 g/mol. The first-order valence-electron chi connectivity index (χ1n) is 6.93. The van der Waals surface area contributed by atoms with Crippen molar-refractivity contribution < 1.29 is 4.79 Å². The van der Waals surface area contributed by atoms with Gasteiger partial charge in [0.2, 0.25) is 5.91 Å². The number of azo groups is 1. The Kier molecular flexibility index (Phi) is 5.13. The zero-order valence-electron chi connectivity index (χ0n) is 11.8. The van der Waals surface area contributed by atoms with Crippen LogP contribution < -0.4 is 5.32 Å². The third kappa shape index (κ3) is 4.11. The summed E-state index contributed by atoms with van der Waals surface area (Å²) in [6.07, 6.45) is 0. The molecule has 112 valence electrons. The number of anilines is 1. The van der Waals surface area contributed by atoms with Crippen molar-refractivity contribution in [2.75, 3.05) is 16.8 Å². The Bertz CT molecular complexity index is 653. The van der Waals surface area contributed by atoms with E-state index in [-0.39, 0.29) is 11.8 Å². The molecule has 1 heterocycles. The Morgan fingerprint density at radius 3 is 2.14 bits per heavy atom. The predicted molar refractivity (Wildman–Crippen MR) is 94.1 cm³/mol. The van der Waals surface area contributed by atoms with E-state index in [0.717, 1.165) is 28.6 Å². The maximum atomic E-state index is 12.0. The van der Waals surface area contributed by atoms with Crippen molar-refractivity contribution in [3.63, 3.8) is 0 Å². The minimum Gasteiger partial charge on any atom is -0.326 e. The third-order valence-electron chi connectivity index (χ3n) is 3.16. The van der Waals surface area contributed by atoms with Gasteiger partial charge in [0.1, 0.15) is 0 Å². The van der Waals surface area contributed by atoms with Gasteiger partial charge in [-0.05, 0) is 36.4 Å². The Morgan fingerprint density at radius 2 is 1.50 bits per heavy atom. The van der Waals surface area contributed by atoms with Crippen LogP contribution in [0.5, 0.6) is 0 Å². The van der Waals surface area contributed by atoms with Crippen LogP contribution in [-0.4, -0.2) is 17.4 Å². The Morgan fingerprint density at radius 1 is 0.909 bits per heavy atom. The number of carbonyl (C=O) groups is 1. The summed E-state index contributed by atoms with van der Waals surface area (Å²) in [5.74, 6) is 1.98. The maximum absolute atomic E-state index is 12.0. The van der Waals surface area contributed by atoms with Crippen LogP contribution in [-0.2, 0) is 4.79 Å². The maximum Gasteiger partial charge on any atom is 0.229 e. The largest absolute Gasteiger partial charge is 0.326 e. The fourth-order valence-electron chi connectivity index (χ4n) is 1.93. The molecule has 0 aliphatic carbocycles. The summed E-state index contributed by atoms with van der Waals surface area (Å²) in [4.78, 5) is 12.0. The molecule has 0 bridgehead atoms. The highest BCUT2D eigenvalue weighted by Gasteiger charge is 2.23. The van der Waals surface area contributed by atoms with Crippen molar-refractivity contribution in [3.8, 4) is 0 Å². The first-order valence-corrected chi connectivity index (χ1v) is 9.42. The average Bonchev–Trinajstić information content (AvgIpc) is 3.10. The molecule has 0 atom stereocenters. The zero-order chi connectivity index (χ0) is 15.2. The lowest BCUT2D eigenvalue weighted by Crippen LogP contribution is -2.23. The van der Waals surface area contributed by atoms with Crippen molar-refractivity contribution >= 4 is 44.6 Å². The van der Waals surface area contributed by atoms with Gasteiger partial charge in [-0.15, -0.1) is 0 Å². The lowest BCUT2D eigenvalue weighted by molar-refractivity contribution is -0.118. The first kappa shape index (κ1) is 15.1. The molecule has 0 unspecified atom stereocenters. The Labute approximate surface area is 137 Å². The predicted octanol–water partition coefficient (Wildman–Crippen LogP) is 5.05. The number of nitrogens with one attached hydrogen (secondary N) is 1. The lowest BCUT2D eigenvalue weighted by Gasteiger charge is -2.09. The SMILES string of the molecule is O=C(Nc1ccc(N=Nc2ccccc2)cc1)C1CSSC1. The quantitative estimate of drug-likeness (QED) is 0.630. The molecule has 1 saturated heterocycles. The zero-order valence-corrected chi connectivity index (χ0v) is 13.4. The van der Waals surface area contributed by atoms with Crippen LogP contribution in [0, 0.1) is 5.92 Å². The number of hydrogen-bond acceptors (Lipinski definition) is 5. The molecular weight excluding hydrogens is 314 g/mol. The molecule has 1 aliphatic rings. The van der Waals surface area contributed by atoms with Crippen LogP contribution in [0.4, 0.5) is 17.1 Å². The van der Waals surface area contributed by atoms with Crippen LogP contribution in [0.3, 0.4) is 0 Å². The van der Waals surface area contributed by atoms with E-state index in [2.05, 4.69) is 15.5 Å². The number of hydrogen-bond donors (Lipinski definition) is 1. The Hall–Kier alpha value is -1.79. The minimum absolute atomic E-state index is 0.0937. The fraction of sp³-hybridized carbons (Fsp3) is 0.188. The molecule has 4 nitrogen and oxygen atoms in total. The van der Waals surface area contributed by atoms with Crippen LogP contribution in [0.15, 0.2) is 64.8 Å². The number of amides is 1. The molecule has 3 rings (SSSR count). The molecular formula is C16H15N3OS2. The molecule has 0 spiro atoms. The summed E-state index contributed by atoms with van der Waals surface area (Å²) in [6.45, 7) is 0. The van der Waals surface area contributed by atoms with Crippen LogP contribution in [0.25, 0.3) is 0 Å². The molecule has 0 radical (unpaired) electrons. The number of rotatable bonds is 4. The van der Waals surface area contributed by atoms with Crippen molar-refractivity contribution in [2.24, 2.45) is 16.1 Å². The van der Waals surface area contributed by atoms with Gasteiger partial charge in [-0.2, -0.15) is 10.2 Å². The second-order valence-electron chi connectivity index (χ2n) is 4.84. The first-order chi connectivity index (χ1) is 10.8. The highest BCUT2D eigenvalue weighted by molar-refractivity contribution is 8.77. The van der Waals surface area contributed by atoms with Gasteiger partial charge in [0.25, 0.3) is 0 Å². The van der Waals surface area contributed by atoms with E-state index in [4.69, 9.17) is 0 Å². The smallest absolute Gasteiger partial charge is 0.229 e. The van der Waals surface area contributed by atoms with Crippen LogP contribution in [0.2, 0.25) is 0 Å². The highest BCUT2D eigenvalue weighted by atomic mass is 33.1. The molecule has 22 heavy (non-hydrogen) atoms. The van der Waals surface area contributed by atoms with E-state index >= 15 is 0 Å². The molecule has 2 aromatic carbocycles. The lowest BCUT2D eigenvalue weighted by atomic mass is 10.2. The van der Waals surface area contributed by atoms with Gasteiger partial charge in [-0.3, -0.25) is 4.79 Å². The van der Waals surface area contributed by atoms with Gasteiger partial charge in [-0.25, -0.2) is 0 Å². The van der Waals surface area contributed by atoms with E-state index in [9.17, 15) is 4.79 Å². The highest BCUT2D eigenvalue weighted by Crippen LogP contribution is 2.35. The molecule has 6 heteroatoms. The summed E-state index contributed by atoms with van der Waals surface area (Å²) in [6, 6.07) is 17.0. The van der Waals surface area contributed by atoms with Gasteiger partial charge in [0.15, 0.2) is 0 Å². The van der Waals surface area contributed by atoms with Gasteiger partial charge in [0, 0.05) is 17.2 Å². The van der Waals surface area contributed by atoms with E-state index < -0.39 is 0 Å². The second kappa shape index (κ2) is 7.47. The summed E-state index contributed by atoms with van der Waals surface area (Å²) < 4.78 is 0. The number of benzene rings is 2. The standard InChI is InChI=1S/C16H15N3OS2/c20-16(12-10-21-22-11-12)17-13-6-8-15(9-7-13)19-18-14-4-2-1-3-5-14/h1-9,12H,10-11H2,(H,17,20). The van der Waals surface area contributed by atoms with Gasteiger partial charge in [-0.1, -0.05) is 39.8 Å². The summed E-state index contributed by atoms with van der Waals surface area (Å²) in [5, 5.41) is 11.3. The van der Waals surface area contributed by atoms with Gasteiger partial charge in [0.05, 0.1) is 17.3 Å². The molecule has 2 aromatic rings. The van der Waals surface area contributed by atoms with E-state index in [1.807, 2.05) is 54.6 Å². The fourth-order valence-corrected chi connectivity index (χ4v) is 4.70.